The molecule has 0 spiro atoms. The van der Waals surface area contributed by atoms with E-state index in [1.807, 2.05) is 15.9 Å². The van der Waals surface area contributed by atoms with E-state index in [9.17, 15) is 63.2 Å². The number of ether oxygens (including phenoxy) is 1. The van der Waals surface area contributed by atoms with Crippen molar-refractivity contribution < 1.29 is 62.7 Å². The molecule has 0 aliphatic carbocycles. The summed E-state index contributed by atoms with van der Waals surface area (Å²) in [6, 6.07) is 1.80. The fourth-order valence-corrected chi connectivity index (χ4v) is 3.33. The quantitative estimate of drug-likeness (QED) is 0.232. The van der Waals surface area contributed by atoms with Gasteiger partial charge in [-0.15, -0.1) is 13.2 Å². The van der Waals surface area contributed by atoms with Gasteiger partial charge in [0.25, 0.3) is 5.91 Å². The van der Waals surface area contributed by atoms with Crippen LogP contribution in [0.25, 0.3) is 0 Å². The van der Waals surface area contributed by atoms with Gasteiger partial charge in [0.1, 0.15) is 0 Å². The van der Waals surface area contributed by atoms with E-state index in [-0.39, 0.29) is 12.1 Å². The Morgan fingerprint density at radius 2 is 1.49 bits per heavy atom. The summed E-state index contributed by atoms with van der Waals surface area (Å²) in [5, 5.41) is 12.3. The van der Waals surface area contributed by atoms with Crippen LogP contribution in [0.5, 0.6) is 5.75 Å². The van der Waals surface area contributed by atoms with Crippen LogP contribution in [-0.2, 0) is 5.67 Å². The number of nitrogens with zero attached hydrogens (tertiary/aromatic N) is 1. The van der Waals surface area contributed by atoms with Gasteiger partial charge in [0.05, 0.1) is 20.6 Å². The lowest BCUT2D eigenvalue weighted by Gasteiger charge is -2.31. The Hall–Kier alpha value is -3.18. The van der Waals surface area contributed by atoms with Crippen LogP contribution in [0, 0.1) is 15.9 Å². The van der Waals surface area contributed by atoms with E-state index in [2.05, 4.69) is 4.74 Å². The molecular formula is C17H6BrF11N2O4. The van der Waals surface area contributed by atoms with Gasteiger partial charge in [-0.2, -0.15) is 30.7 Å². The van der Waals surface area contributed by atoms with Crippen LogP contribution in [0.3, 0.4) is 0 Å². The minimum absolute atomic E-state index is 0.000133. The third kappa shape index (κ3) is 5.40. The molecule has 18 heteroatoms. The molecule has 2 rings (SSSR count). The highest BCUT2D eigenvalue weighted by molar-refractivity contribution is 9.10. The fourth-order valence-electron chi connectivity index (χ4n) is 2.63. The van der Waals surface area contributed by atoms with E-state index in [1.165, 1.54) is 5.32 Å². The minimum Gasteiger partial charge on any atom is -0.402 e. The van der Waals surface area contributed by atoms with Gasteiger partial charge >= 0.3 is 30.1 Å². The van der Waals surface area contributed by atoms with Crippen molar-refractivity contribution in [2.75, 3.05) is 5.32 Å². The monoisotopic (exact) mass is 590 g/mol. The number of nitro groups is 1. The van der Waals surface area contributed by atoms with E-state index in [4.69, 9.17) is 0 Å². The maximum absolute atomic E-state index is 14.4. The summed E-state index contributed by atoms with van der Waals surface area (Å²) in [5.74, 6) is -5.43. The fraction of sp³-hybridized carbons (Fsp3) is 0.235. The molecule has 0 bridgehead atoms. The van der Waals surface area contributed by atoms with Gasteiger partial charge in [-0.1, -0.05) is 12.1 Å². The number of carbonyl (C=O) groups excluding carboxylic acids is 1. The molecule has 0 radical (unpaired) electrons. The minimum atomic E-state index is -6.71. The molecule has 0 aromatic heterocycles. The molecule has 2 aromatic carbocycles. The number of hydrogen-bond donors (Lipinski definition) is 1. The average Bonchev–Trinajstić information content (AvgIpc) is 2.67. The number of alkyl halides is 10. The highest BCUT2D eigenvalue weighted by Crippen LogP contribution is 2.57. The number of nitrogens with one attached hydrogen (secondary N) is 1. The van der Waals surface area contributed by atoms with Crippen LogP contribution in [0.2, 0.25) is 0 Å². The molecule has 1 N–H and O–H groups in total. The number of carbonyl (C=O) groups is 1. The lowest BCUT2D eigenvalue weighted by atomic mass is 9.93. The topological polar surface area (TPSA) is 81.5 Å². The van der Waals surface area contributed by atoms with Crippen molar-refractivity contribution in [1.29, 1.82) is 0 Å². The van der Waals surface area contributed by atoms with Crippen LogP contribution in [0.1, 0.15) is 15.9 Å². The zero-order chi connectivity index (χ0) is 27.1. The van der Waals surface area contributed by atoms with E-state index in [1.54, 1.807) is 0 Å². The first-order valence-electron chi connectivity index (χ1n) is 8.37. The predicted molar refractivity (Wildman–Crippen MR) is 96.7 cm³/mol. The normalized spacial score (nSPS) is 12.9. The molecule has 0 saturated heterocycles. The molecule has 0 atom stereocenters. The average molecular weight is 591 g/mol. The second-order valence-corrected chi connectivity index (χ2v) is 7.15. The molecule has 0 aliphatic rings. The molecule has 0 unspecified atom stereocenters. The summed E-state index contributed by atoms with van der Waals surface area (Å²) in [5.41, 5.74) is -12.3. The van der Waals surface area contributed by atoms with Crippen molar-refractivity contribution in [3.63, 3.8) is 0 Å². The van der Waals surface area contributed by atoms with Gasteiger partial charge in [-0.05, 0) is 28.1 Å². The molecule has 192 valence electrons. The van der Waals surface area contributed by atoms with Crippen LogP contribution in [0.15, 0.2) is 34.8 Å². The molecule has 0 saturated carbocycles. The first kappa shape index (κ1) is 28.1. The molecule has 0 heterocycles. The third-order valence-electron chi connectivity index (χ3n) is 4.14. The maximum Gasteiger partial charge on any atom is 0.573 e. The Morgan fingerprint density at radius 1 is 0.943 bits per heavy atom. The number of nitro benzene ring substituents is 1. The molecule has 0 fully saturated rings. The summed E-state index contributed by atoms with van der Waals surface area (Å²) in [6.07, 6.45) is -19.2. The molecule has 1 amide bonds. The molecule has 2 aromatic rings. The zero-order valence-electron chi connectivity index (χ0n) is 16.0. The van der Waals surface area contributed by atoms with Crippen molar-refractivity contribution in [2.45, 2.75) is 24.4 Å². The lowest BCUT2D eigenvalue weighted by Crippen LogP contribution is -2.50. The van der Waals surface area contributed by atoms with E-state index >= 15 is 0 Å². The van der Waals surface area contributed by atoms with Gasteiger partial charge in [0.2, 0.25) is 5.82 Å². The number of anilines is 1. The van der Waals surface area contributed by atoms with E-state index < -0.39 is 73.8 Å². The summed E-state index contributed by atoms with van der Waals surface area (Å²) >= 11 is 2.02. The van der Waals surface area contributed by atoms with Crippen molar-refractivity contribution in [1.82, 2.24) is 0 Å². The SMILES string of the molecule is O=C(Nc1ccc(C(F)(C(F)(F)F)C(F)(F)F)c(Br)c1OC(F)(F)F)c1cccc([N+](=O)[O-])c1F. The highest BCUT2D eigenvalue weighted by Gasteiger charge is 2.74. The Balaban J connectivity index is 2.71. The number of benzene rings is 2. The van der Waals surface area contributed by atoms with Crippen LogP contribution < -0.4 is 10.1 Å². The second kappa shape index (κ2) is 9.12. The summed E-state index contributed by atoms with van der Waals surface area (Å²) in [6.45, 7) is 0. The predicted octanol–water partition coefficient (Wildman–Crippen LogP) is 6.94. The van der Waals surface area contributed by atoms with E-state index in [0.717, 1.165) is 6.07 Å². The van der Waals surface area contributed by atoms with Crippen molar-refractivity contribution in [2.24, 2.45) is 0 Å². The van der Waals surface area contributed by atoms with Gasteiger partial charge in [-0.3, -0.25) is 14.9 Å². The molecule has 0 aliphatic heterocycles. The lowest BCUT2D eigenvalue weighted by molar-refractivity contribution is -0.387. The Labute approximate surface area is 193 Å². The highest BCUT2D eigenvalue weighted by atomic mass is 79.9. The number of halogens is 12. The van der Waals surface area contributed by atoms with Gasteiger partial charge in [-0.25, -0.2) is 4.39 Å². The van der Waals surface area contributed by atoms with Gasteiger partial charge in [0, 0.05) is 11.6 Å². The van der Waals surface area contributed by atoms with Crippen molar-refractivity contribution in [3.8, 4) is 5.75 Å². The van der Waals surface area contributed by atoms with Crippen LogP contribution >= 0.6 is 15.9 Å². The third-order valence-corrected chi connectivity index (χ3v) is 4.92. The van der Waals surface area contributed by atoms with E-state index in [0.29, 0.717) is 12.1 Å². The largest absolute Gasteiger partial charge is 0.573 e. The van der Waals surface area contributed by atoms with Gasteiger partial charge < -0.3 is 10.1 Å². The number of rotatable bonds is 5. The number of amides is 1. The van der Waals surface area contributed by atoms with Crippen molar-refractivity contribution in [3.05, 3.63) is 61.9 Å². The summed E-state index contributed by atoms with van der Waals surface area (Å²) in [4.78, 5) is 21.8. The van der Waals surface area contributed by atoms with Crippen LogP contribution in [-0.4, -0.2) is 29.5 Å². The Kier molecular flexibility index (Phi) is 7.31. The zero-order valence-corrected chi connectivity index (χ0v) is 17.6. The standard InChI is InChI=1S/C17H6BrF11N2O4/c18-10-7(14(20,15(21,22)23)16(24,25)26)4-5-8(12(10)35-17(27,28)29)30-13(32)6-2-1-3-9(11(6)19)31(33)34/h1-5H,(H,30,32). The molecule has 6 nitrogen and oxygen atoms in total. The Morgan fingerprint density at radius 3 is 1.94 bits per heavy atom. The molecule has 35 heavy (non-hydrogen) atoms. The van der Waals surface area contributed by atoms with Crippen LogP contribution in [0.4, 0.5) is 59.7 Å². The molecular weight excluding hydrogens is 585 g/mol. The van der Waals surface area contributed by atoms with Crippen molar-refractivity contribution >= 4 is 33.2 Å². The van der Waals surface area contributed by atoms with Gasteiger partial charge in [0.15, 0.2) is 5.75 Å². The summed E-state index contributed by atoms with van der Waals surface area (Å²) < 4.78 is 147. The number of hydrogen-bond acceptors (Lipinski definition) is 4. The first-order chi connectivity index (χ1) is 15.7. The summed E-state index contributed by atoms with van der Waals surface area (Å²) in [7, 11) is 0. The smallest absolute Gasteiger partial charge is 0.402 e. The Bertz CT molecular complexity index is 1150. The second-order valence-electron chi connectivity index (χ2n) is 6.36. The maximum atomic E-state index is 14.4. The first-order valence-corrected chi connectivity index (χ1v) is 9.17.